The van der Waals surface area contributed by atoms with Crippen LogP contribution in [0.3, 0.4) is 0 Å². The molecule has 31 heavy (non-hydrogen) atoms. The van der Waals surface area contributed by atoms with Gasteiger partial charge < -0.3 is 9.42 Å². The van der Waals surface area contributed by atoms with Crippen molar-refractivity contribution in [2.24, 2.45) is 0 Å². The Morgan fingerprint density at radius 1 is 0.935 bits per heavy atom. The van der Waals surface area contributed by atoms with Gasteiger partial charge in [-0.15, -0.1) is 0 Å². The molecule has 11 heteroatoms. The van der Waals surface area contributed by atoms with Crippen molar-refractivity contribution < 1.29 is 35.7 Å². The maximum absolute atomic E-state index is 12.9. The number of hydrogen-bond acceptors (Lipinski definition) is 4. The van der Waals surface area contributed by atoms with Crippen LogP contribution in [0.2, 0.25) is 0 Å². The van der Waals surface area contributed by atoms with Crippen LogP contribution in [0, 0.1) is 0 Å². The average Bonchev–Trinajstić information content (AvgIpc) is 3.34. The van der Waals surface area contributed by atoms with Gasteiger partial charge in [0.1, 0.15) is 0 Å². The lowest BCUT2D eigenvalue weighted by Crippen LogP contribution is -2.24. The van der Waals surface area contributed by atoms with E-state index in [2.05, 4.69) is 10.1 Å². The number of alkyl halides is 6. The van der Waals surface area contributed by atoms with Gasteiger partial charge in [0.15, 0.2) is 0 Å². The molecule has 1 unspecified atom stereocenters. The highest BCUT2D eigenvalue weighted by molar-refractivity contribution is 5.96. The van der Waals surface area contributed by atoms with Crippen molar-refractivity contribution in [3.05, 3.63) is 65.5 Å². The van der Waals surface area contributed by atoms with Gasteiger partial charge in [-0.3, -0.25) is 4.79 Å². The van der Waals surface area contributed by atoms with E-state index in [-0.39, 0.29) is 30.4 Å². The van der Waals surface area contributed by atoms with Crippen LogP contribution in [0.5, 0.6) is 0 Å². The molecule has 0 aliphatic carbocycles. The van der Waals surface area contributed by atoms with Gasteiger partial charge >= 0.3 is 12.4 Å². The van der Waals surface area contributed by atoms with Gasteiger partial charge in [0.25, 0.3) is 0 Å². The SMILES string of the molecule is O=C1CC(c2nc(-c3ccc(C(F)(F)F)cc3)no2)CN1c1cccc(C(F)(F)F)c1. The van der Waals surface area contributed by atoms with E-state index in [0.717, 1.165) is 24.3 Å². The second-order valence-corrected chi connectivity index (χ2v) is 6.98. The molecule has 1 aliphatic heterocycles. The molecule has 3 aromatic rings. The monoisotopic (exact) mass is 441 g/mol. The minimum atomic E-state index is -4.54. The third kappa shape index (κ3) is 4.25. The number of anilines is 1. The first-order chi connectivity index (χ1) is 14.5. The normalized spacial score (nSPS) is 17.4. The minimum Gasteiger partial charge on any atom is -0.339 e. The predicted octanol–water partition coefficient (Wildman–Crippen LogP) is 5.29. The Balaban J connectivity index is 1.52. The van der Waals surface area contributed by atoms with Crippen molar-refractivity contribution >= 4 is 11.6 Å². The topological polar surface area (TPSA) is 59.2 Å². The van der Waals surface area contributed by atoms with Crippen LogP contribution in [0.25, 0.3) is 11.4 Å². The van der Waals surface area contributed by atoms with E-state index in [1.165, 1.54) is 29.2 Å². The summed E-state index contributed by atoms with van der Waals surface area (Å²) in [6, 6.07) is 8.60. The summed E-state index contributed by atoms with van der Waals surface area (Å²) >= 11 is 0. The maximum Gasteiger partial charge on any atom is 0.416 e. The summed E-state index contributed by atoms with van der Waals surface area (Å²) in [5.74, 6) is -0.831. The molecule has 0 bridgehead atoms. The second kappa shape index (κ2) is 7.40. The van der Waals surface area contributed by atoms with Crippen LogP contribution in [-0.4, -0.2) is 22.6 Å². The second-order valence-electron chi connectivity index (χ2n) is 6.98. The summed E-state index contributed by atoms with van der Waals surface area (Å²) in [7, 11) is 0. The predicted molar refractivity (Wildman–Crippen MR) is 95.9 cm³/mol. The van der Waals surface area contributed by atoms with E-state index in [1.54, 1.807) is 0 Å². The standard InChI is InChI=1S/C20H13F6N3O2/c21-19(22,23)13-6-4-11(5-7-13)17-27-18(31-28-17)12-8-16(30)29(10-12)15-3-1-2-14(9-15)20(24,25)26/h1-7,9,12H,8,10H2. The van der Waals surface area contributed by atoms with Gasteiger partial charge in [0.2, 0.25) is 17.6 Å². The Kier molecular flexibility index (Phi) is 4.98. The number of amides is 1. The van der Waals surface area contributed by atoms with Crippen molar-refractivity contribution in [2.75, 3.05) is 11.4 Å². The van der Waals surface area contributed by atoms with Gasteiger partial charge in [-0.2, -0.15) is 31.3 Å². The third-order valence-corrected chi connectivity index (χ3v) is 4.87. The van der Waals surface area contributed by atoms with Gasteiger partial charge in [-0.05, 0) is 30.3 Å². The van der Waals surface area contributed by atoms with Crippen molar-refractivity contribution in [1.29, 1.82) is 0 Å². The highest BCUT2D eigenvalue weighted by atomic mass is 19.4. The lowest BCUT2D eigenvalue weighted by molar-refractivity contribution is -0.138. The van der Waals surface area contributed by atoms with E-state index in [4.69, 9.17) is 4.52 Å². The van der Waals surface area contributed by atoms with Gasteiger partial charge in [-0.25, -0.2) is 0 Å². The molecule has 1 atom stereocenters. The Labute approximate surface area is 171 Å². The lowest BCUT2D eigenvalue weighted by atomic mass is 10.1. The minimum absolute atomic E-state index is 0.0365. The molecule has 0 saturated carbocycles. The van der Waals surface area contributed by atoms with Crippen LogP contribution in [0.4, 0.5) is 32.0 Å². The van der Waals surface area contributed by atoms with Crippen molar-refractivity contribution in [1.82, 2.24) is 10.1 Å². The van der Waals surface area contributed by atoms with E-state index in [0.29, 0.717) is 5.56 Å². The molecule has 4 rings (SSSR count). The number of halogens is 6. The quantitative estimate of drug-likeness (QED) is 0.518. The number of nitrogens with zero attached hydrogens (tertiary/aromatic N) is 3. The van der Waals surface area contributed by atoms with Crippen LogP contribution in [0.1, 0.15) is 29.4 Å². The van der Waals surface area contributed by atoms with E-state index in [9.17, 15) is 31.1 Å². The fourth-order valence-corrected chi connectivity index (χ4v) is 3.30. The van der Waals surface area contributed by atoms with Crippen LogP contribution in [-0.2, 0) is 17.1 Å². The lowest BCUT2D eigenvalue weighted by Gasteiger charge is -2.17. The van der Waals surface area contributed by atoms with Gasteiger partial charge in [0.05, 0.1) is 17.0 Å². The first kappa shape index (κ1) is 20.9. The van der Waals surface area contributed by atoms with E-state index in [1.807, 2.05) is 0 Å². The first-order valence-electron chi connectivity index (χ1n) is 9.01. The molecule has 2 aromatic carbocycles. The fraction of sp³-hybridized carbons (Fsp3) is 0.250. The highest BCUT2D eigenvalue weighted by Gasteiger charge is 2.37. The molecule has 162 valence electrons. The number of aromatic nitrogens is 2. The number of carbonyl (C=O) groups excluding carboxylic acids is 1. The third-order valence-electron chi connectivity index (χ3n) is 4.87. The molecule has 1 aromatic heterocycles. The van der Waals surface area contributed by atoms with Crippen molar-refractivity contribution in [2.45, 2.75) is 24.7 Å². The van der Waals surface area contributed by atoms with Crippen molar-refractivity contribution in [3.8, 4) is 11.4 Å². The Hall–Kier alpha value is -3.37. The Bertz CT molecular complexity index is 1110. The molecule has 1 aliphatic rings. The van der Waals surface area contributed by atoms with Gasteiger partial charge in [-0.1, -0.05) is 23.4 Å². The molecular formula is C20H13F6N3O2. The molecule has 0 radical (unpaired) electrons. The summed E-state index contributed by atoms with van der Waals surface area (Å²) in [4.78, 5) is 17.7. The Morgan fingerprint density at radius 3 is 2.26 bits per heavy atom. The summed E-state index contributed by atoms with van der Waals surface area (Å²) in [5.41, 5.74) is -1.30. The zero-order valence-corrected chi connectivity index (χ0v) is 15.5. The summed E-state index contributed by atoms with van der Waals surface area (Å²) < 4.78 is 82.1. The highest BCUT2D eigenvalue weighted by Crippen LogP contribution is 2.36. The molecule has 5 nitrogen and oxygen atoms in total. The largest absolute Gasteiger partial charge is 0.416 e. The number of hydrogen-bond donors (Lipinski definition) is 0. The average molecular weight is 441 g/mol. The van der Waals surface area contributed by atoms with Crippen LogP contribution in [0.15, 0.2) is 53.1 Å². The molecule has 1 amide bonds. The summed E-state index contributed by atoms with van der Waals surface area (Å²) in [6.45, 7) is 0.0365. The number of benzene rings is 2. The summed E-state index contributed by atoms with van der Waals surface area (Å²) in [5, 5.41) is 3.75. The molecule has 1 fully saturated rings. The number of carbonyl (C=O) groups is 1. The van der Waals surface area contributed by atoms with Crippen molar-refractivity contribution in [3.63, 3.8) is 0 Å². The molecule has 2 heterocycles. The molecular weight excluding hydrogens is 428 g/mol. The maximum atomic E-state index is 12.9. The van der Waals surface area contributed by atoms with Crippen LogP contribution < -0.4 is 4.90 Å². The molecule has 0 spiro atoms. The zero-order valence-electron chi connectivity index (χ0n) is 15.5. The first-order valence-corrected chi connectivity index (χ1v) is 9.01. The fourth-order valence-electron chi connectivity index (χ4n) is 3.30. The number of rotatable bonds is 3. The van der Waals surface area contributed by atoms with Gasteiger partial charge in [0, 0.05) is 24.2 Å². The smallest absolute Gasteiger partial charge is 0.339 e. The van der Waals surface area contributed by atoms with E-state index < -0.39 is 35.3 Å². The molecule has 0 N–H and O–H groups in total. The Morgan fingerprint density at radius 2 is 1.61 bits per heavy atom. The molecule has 1 saturated heterocycles. The zero-order chi connectivity index (χ0) is 22.4. The van der Waals surface area contributed by atoms with E-state index >= 15 is 0 Å². The van der Waals surface area contributed by atoms with Crippen LogP contribution >= 0.6 is 0 Å². The summed E-state index contributed by atoms with van der Waals surface area (Å²) in [6.07, 6.45) is -9.07.